The van der Waals surface area contributed by atoms with Gasteiger partial charge in [0.15, 0.2) is 5.78 Å². The van der Waals surface area contributed by atoms with Gasteiger partial charge in [-0.1, -0.05) is 42.1 Å². The predicted molar refractivity (Wildman–Crippen MR) is 110 cm³/mol. The number of tetrazole rings is 1. The van der Waals surface area contributed by atoms with Gasteiger partial charge in [0.2, 0.25) is 15.2 Å². The fraction of sp³-hybridized carbons (Fsp3) is 0.263. The normalized spacial score (nSPS) is 15.2. The van der Waals surface area contributed by atoms with Crippen molar-refractivity contribution in [2.24, 2.45) is 0 Å². The Kier molecular flexibility index (Phi) is 6.23. The third-order valence-corrected chi connectivity index (χ3v) is 7.39. The molecule has 0 saturated carbocycles. The van der Waals surface area contributed by atoms with Crippen molar-refractivity contribution in [2.45, 2.75) is 10.1 Å². The molecule has 0 unspecified atom stereocenters. The number of sulfonamides is 1. The zero-order valence-corrected chi connectivity index (χ0v) is 17.6. The first-order valence-electron chi connectivity index (χ1n) is 9.23. The van der Waals surface area contributed by atoms with E-state index in [2.05, 4.69) is 15.5 Å². The van der Waals surface area contributed by atoms with Gasteiger partial charge in [-0.05, 0) is 34.7 Å². The lowest BCUT2D eigenvalue weighted by Crippen LogP contribution is -2.40. The van der Waals surface area contributed by atoms with Crippen LogP contribution in [0.15, 0.2) is 64.6 Å². The van der Waals surface area contributed by atoms with Crippen LogP contribution in [-0.2, 0) is 14.8 Å². The van der Waals surface area contributed by atoms with Gasteiger partial charge < -0.3 is 4.74 Å². The molecule has 0 radical (unpaired) electrons. The Bertz CT molecular complexity index is 1110. The predicted octanol–water partition coefficient (Wildman–Crippen LogP) is 1.66. The molecule has 4 rings (SSSR count). The standard InChI is InChI=1S/C19H19N5O4S2/c25-18(14-29-19-20-21-22-24(19)16-4-2-1-3-5-16)15-6-8-17(9-7-15)30(26,27)23-10-12-28-13-11-23/h1-9H,10-14H2. The summed E-state index contributed by atoms with van der Waals surface area (Å²) in [5, 5.41) is 12.1. The van der Waals surface area contributed by atoms with Crippen molar-refractivity contribution in [3.05, 3.63) is 60.2 Å². The van der Waals surface area contributed by atoms with Crippen molar-refractivity contribution in [1.29, 1.82) is 0 Å². The van der Waals surface area contributed by atoms with Crippen LogP contribution in [0.4, 0.5) is 0 Å². The average Bonchev–Trinajstić information content (AvgIpc) is 3.27. The molecule has 9 nitrogen and oxygen atoms in total. The van der Waals surface area contributed by atoms with Crippen molar-refractivity contribution < 1.29 is 17.9 Å². The Hall–Kier alpha value is -2.60. The number of carbonyl (C=O) groups is 1. The number of aromatic nitrogens is 4. The molecule has 1 aliphatic heterocycles. The number of hydrogen-bond donors (Lipinski definition) is 0. The Labute approximate surface area is 178 Å². The molecule has 156 valence electrons. The van der Waals surface area contributed by atoms with Gasteiger partial charge >= 0.3 is 0 Å². The molecule has 1 aromatic heterocycles. The largest absolute Gasteiger partial charge is 0.379 e. The zero-order chi connectivity index (χ0) is 21.0. The Morgan fingerprint density at radius 1 is 1.03 bits per heavy atom. The first-order chi connectivity index (χ1) is 14.6. The number of ether oxygens (including phenoxy) is 1. The minimum atomic E-state index is -3.58. The van der Waals surface area contributed by atoms with E-state index in [1.165, 1.54) is 40.3 Å². The lowest BCUT2D eigenvalue weighted by atomic mass is 10.1. The zero-order valence-electron chi connectivity index (χ0n) is 15.9. The highest BCUT2D eigenvalue weighted by Gasteiger charge is 2.26. The van der Waals surface area contributed by atoms with E-state index < -0.39 is 10.0 Å². The summed E-state index contributed by atoms with van der Waals surface area (Å²) >= 11 is 1.22. The molecule has 0 bridgehead atoms. The summed E-state index contributed by atoms with van der Waals surface area (Å²) < 4.78 is 33.5. The molecule has 1 aliphatic rings. The molecule has 0 aliphatic carbocycles. The fourth-order valence-corrected chi connectivity index (χ4v) is 5.16. The molecular weight excluding hydrogens is 426 g/mol. The summed E-state index contributed by atoms with van der Waals surface area (Å²) in [5.74, 6) is -0.0131. The van der Waals surface area contributed by atoms with Crippen LogP contribution in [0.3, 0.4) is 0 Å². The number of hydrogen-bond acceptors (Lipinski definition) is 8. The molecule has 0 atom stereocenters. The molecule has 0 N–H and O–H groups in total. The molecule has 1 saturated heterocycles. The maximum atomic E-state index is 12.7. The monoisotopic (exact) mass is 445 g/mol. The summed E-state index contributed by atoms with van der Waals surface area (Å²) in [6.07, 6.45) is 0. The molecule has 0 spiro atoms. The summed E-state index contributed by atoms with van der Waals surface area (Å²) in [6, 6.07) is 15.4. The molecule has 0 amide bonds. The fourth-order valence-electron chi connectivity index (χ4n) is 2.96. The van der Waals surface area contributed by atoms with E-state index in [1.54, 1.807) is 4.68 Å². The van der Waals surface area contributed by atoms with Gasteiger partial charge in [0.1, 0.15) is 0 Å². The van der Waals surface area contributed by atoms with E-state index in [0.29, 0.717) is 37.0 Å². The summed E-state index contributed by atoms with van der Waals surface area (Å²) in [5.41, 5.74) is 1.23. The number of Topliss-reactive ketones (excluding diaryl/α,β-unsaturated/α-hetero) is 1. The highest BCUT2D eigenvalue weighted by Crippen LogP contribution is 2.21. The summed E-state index contributed by atoms with van der Waals surface area (Å²) in [6.45, 7) is 1.43. The van der Waals surface area contributed by atoms with Crippen LogP contribution in [0, 0.1) is 0 Å². The summed E-state index contributed by atoms with van der Waals surface area (Å²) in [7, 11) is -3.58. The molecule has 11 heteroatoms. The minimum Gasteiger partial charge on any atom is -0.379 e. The van der Waals surface area contributed by atoms with Gasteiger partial charge in [0.25, 0.3) is 0 Å². The van der Waals surface area contributed by atoms with Crippen molar-refractivity contribution in [3.8, 4) is 5.69 Å². The van der Waals surface area contributed by atoms with Crippen LogP contribution < -0.4 is 0 Å². The van der Waals surface area contributed by atoms with Crippen LogP contribution in [0.5, 0.6) is 0 Å². The quantitative estimate of drug-likeness (QED) is 0.399. The second-order valence-electron chi connectivity index (χ2n) is 6.46. The number of nitrogens with zero attached hydrogens (tertiary/aromatic N) is 5. The molecule has 30 heavy (non-hydrogen) atoms. The minimum absolute atomic E-state index is 0.128. The van der Waals surface area contributed by atoms with Gasteiger partial charge in [0.05, 0.1) is 29.5 Å². The number of para-hydroxylation sites is 1. The van der Waals surface area contributed by atoms with Gasteiger partial charge in [0, 0.05) is 18.7 Å². The Morgan fingerprint density at radius 2 is 1.73 bits per heavy atom. The number of ketones is 1. The molecular formula is C19H19N5O4S2. The van der Waals surface area contributed by atoms with Crippen LogP contribution >= 0.6 is 11.8 Å². The first kappa shape index (κ1) is 20.7. The van der Waals surface area contributed by atoms with Crippen molar-refractivity contribution in [3.63, 3.8) is 0 Å². The molecule has 2 heterocycles. The van der Waals surface area contributed by atoms with E-state index in [-0.39, 0.29) is 16.4 Å². The summed E-state index contributed by atoms with van der Waals surface area (Å²) in [4.78, 5) is 12.7. The van der Waals surface area contributed by atoms with Gasteiger partial charge in [-0.25, -0.2) is 8.42 Å². The van der Waals surface area contributed by atoms with E-state index in [1.807, 2.05) is 30.3 Å². The molecule has 2 aromatic carbocycles. The van der Waals surface area contributed by atoms with Gasteiger partial charge in [-0.15, -0.1) is 5.10 Å². The lowest BCUT2D eigenvalue weighted by molar-refractivity contribution is 0.0730. The number of benzene rings is 2. The average molecular weight is 446 g/mol. The number of morpholine rings is 1. The van der Waals surface area contributed by atoms with Crippen LogP contribution in [-0.4, -0.2) is 70.8 Å². The smallest absolute Gasteiger partial charge is 0.243 e. The van der Waals surface area contributed by atoms with Gasteiger partial charge in [-0.3, -0.25) is 4.79 Å². The van der Waals surface area contributed by atoms with Crippen LogP contribution in [0.1, 0.15) is 10.4 Å². The van der Waals surface area contributed by atoms with Gasteiger partial charge in [-0.2, -0.15) is 8.99 Å². The van der Waals surface area contributed by atoms with E-state index in [9.17, 15) is 13.2 Å². The third-order valence-electron chi connectivity index (χ3n) is 4.56. The first-order valence-corrected chi connectivity index (χ1v) is 11.7. The second kappa shape index (κ2) is 9.04. The Morgan fingerprint density at radius 3 is 2.43 bits per heavy atom. The van der Waals surface area contributed by atoms with Crippen molar-refractivity contribution >= 4 is 27.6 Å². The van der Waals surface area contributed by atoms with Crippen LogP contribution in [0.2, 0.25) is 0 Å². The molecule has 1 fully saturated rings. The van der Waals surface area contributed by atoms with Crippen molar-refractivity contribution in [2.75, 3.05) is 32.1 Å². The number of carbonyl (C=O) groups excluding carboxylic acids is 1. The highest BCUT2D eigenvalue weighted by molar-refractivity contribution is 7.99. The van der Waals surface area contributed by atoms with E-state index >= 15 is 0 Å². The highest BCUT2D eigenvalue weighted by atomic mass is 32.2. The maximum absolute atomic E-state index is 12.7. The lowest BCUT2D eigenvalue weighted by Gasteiger charge is -2.26. The molecule has 3 aromatic rings. The SMILES string of the molecule is O=C(CSc1nnnn1-c1ccccc1)c1ccc(S(=O)(=O)N2CCOCC2)cc1. The van der Waals surface area contributed by atoms with Crippen LogP contribution in [0.25, 0.3) is 5.69 Å². The van der Waals surface area contributed by atoms with E-state index in [0.717, 1.165) is 5.69 Å². The maximum Gasteiger partial charge on any atom is 0.243 e. The second-order valence-corrected chi connectivity index (χ2v) is 9.34. The Balaban J connectivity index is 1.42. The third kappa shape index (κ3) is 4.43. The number of thioether (sulfide) groups is 1. The van der Waals surface area contributed by atoms with E-state index in [4.69, 9.17) is 4.74 Å². The van der Waals surface area contributed by atoms with Crippen molar-refractivity contribution in [1.82, 2.24) is 24.5 Å². The topological polar surface area (TPSA) is 107 Å². The number of rotatable bonds is 7.